The molecule has 1 aliphatic rings. The SMILES string of the molecule is Cc1cc(C(=O)NCC2CCCCC(=O)N2)n(C)n1. The van der Waals surface area contributed by atoms with Gasteiger partial charge < -0.3 is 10.6 Å². The van der Waals surface area contributed by atoms with Gasteiger partial charge in [0.05, 0.1) is 5.69 Å². The second kappa shape index (κ2) is 5.86. The van der Waals surface area contributed by atoms with Crippen LogP contribution < -0.4 is 10.6 Å². The molecule has 2 heterocycles. The monoisotopic (exact) mass is 264 g/mol. The summed E-state index contributed by atoms with van der Waals surface area (Å²) >= 11 is 0. The Morgan fingerprint density at radius 2 is 2.37 bits per heavy atom. The fourth-order valence-corrected chi connectivity index (χ4v) is 2.33. The minimum Gasteiger partial charge on any atom is -0.352 e. The first kappa shape index (κ1) is 13.6. The Bertz CT molecular complexity index is 481. The quantitative estimate of drug-likeness (QED) is 0.835. The Hall–Kier alpha value is -1.85. The Labute approximate surface area is 112 Å². The third-order valence-corrected chi connectivity index (χ3v) is 3.32. The topological polar surface area (TPSA) is 76.0 Å². The molecule has 2 N–H and O–H groups in total. The first-order valence-corrected chi connectivity index (χ1v) is 6.64. The molecule has 19 heavy (non-hydrogen) atoms. The van der Waals surface area contributed by atoms with Crippen LogP contribution in [0.1, 0.15) is 41.9 Å². The molecule has 1 aromatic rings. The molecular weight excluding hydrogens is 244 g/mol. The van der Waals surface area contributed by atoms with Crippen LogP contribution in [0.5, 0.6) is 0 Å². The largest absolute Gasteiger partial charge is 0.352 e. The molecule has 104 valence electrons. The van der Waals surface area contributed by atoms with Crippen LogP contribution in [0.2, 0.25) is 0 Å². The summed E-state index contributed by atoms with van der Waals surface area (Å²) in [4.78, 5) is 23.4. The molecule has 1 atom stereocenters. The fraction of sp³-hybridized carbons (Fsp3) is 0.615. The average molecular weight is 264 g/mol. The minimum atomic E-state index is -0.151. The van der Waals surface area contributed by atoms with E-state index in [1.54, 1.807) is 17.8 Å². The van der Waals surface area contributed by atoms with Gasteiger partial charge in [-0.05, 0) is 25.8 Å². The molecule has 1 aromatic heterocycles. The Morgan fingerprint density at radius 1 is 1.58 bits per heavy atom. The number of aromatic nitrogens is 2. The van der Waals surface area contributed by atoms with E-state index in [1.165, 1.54) is 0 Å². The molecule has 2 amide bonds. The maximum atomic E-state index is 12.0. The van der Waals surface area contributed by atoms with E-state index >= 15 is 0 Å². The summed E-state index contributed by atoms with van der Waals surface area (Å²) < 4.78 is 1.57. The zero-order valence-electron chi connectivity index (χ0n) is 11.4. The van der Waals surface area contributed by atoms with Gasteiger partial charge >= 0.3 is 0 Å². The van der Waals surface area contributed by atoms with Crippen LogP contribution in [0.15, 0.2) is 6.07 Å². The van der Waals surface area contributed by atoms with Gasteiger partial charge in [-0.3, -0.25) is 14.3 Å². The van der Waals surface area contributed by atoms with Crippen molar-refractivity contribution in [1.29, 1.82) is 0 Å². The molecule has 0 spiro atoms. The van der Waals surface area contributed by atoms with Crippen LogP contribution in [0.3, 0.4) is 0 Å². The number of amides is 2. The molecule has 0 saturated carbocycles. The van der Waals surface area contributed by atoms with E-state index in [2.05, 4.69) is 15.7 Å². The average Bonchev–Trinajstić information content (AvgIpc) is 2.57. The van der Waals surface area contributed by atoms with Crippen LogP contribution in [-0.2, 0) is 11.8 Å². The maximum Gasteiger partial charge on any atom is 0.269 e. The van der Waals surface area contributed by atoms with Gasteiger partial charge in [0.2, 0.25) is 5.91 Å². The van der Waals surface area contributed by atoms with E-state index in [-0.39, 0.29) is 17.9 Å². The number of rotatable bonds is 3. The van der Waals surface area contributed by atoms with Crippen LogP contribution in [0.4, 0.5) is 0 Å². The third-order valence-electron chi connectivity index (χ3n) is 3.32. The molecule has 6 heteroatoms. The van der Waals surface area contributed by atoms with Gasteiger partial charge in [0.15, 0.2) is 0 Å². The van der Waals surface area contributed by atoms with Gasteiger partial charge in [-0.1, -0.05) is 6.42 Å². The molecule has 1 aliphatic heterocycles. The molecule has 1 unspecified atom stereocenters. The van der Waals surface area contributed by atoms with Crippen molar-refractivity contribution in [1.82, 2.24) is 20.4 Å². The number of carbonyl (C=O) groups is 2. The first-order chi connectivity index (χ1) is 9.06. The number of nitrogens with one attached hydrogen (secondary N) is 2. The van der Waals surface area contributed by atoms with Gasteiger partial charge in [-0.25, -0.2) is 0 Å². The van der Waals surface area contributed by atoms with Gasteiger partial charge in [-0.15, -0.1) is 0 Å². The van der Waals surface area contributed by atoms with E-state index in [1.807, 2.05) is 6.92 Å². The van der Waals surface area contributed by atoms with Crippen molar-refractivity contribution in [3.63, 3.8) is 0 Å². The summed E-state index contributed by atoms with van der Waals surface area (Å²) in [5, 5.41) is 9.93. The highest BCUT2D eigenvalue weighted by atomic mass is 16.2. The van der Waals surface area contributed by atoms with Crippen molar-refractivity contribution < 1.29 is 9.59 Å². The molecule has 0 radical (unpaired) electrons. The smallest absolute Gasteiger partial charge is 0.269 e. The van der Waals surface area contributed by atoms with Crippen LogP contribution >= 0.6 is 0 Å². The van der Waals surface area contributed by atoms with Gasteiger partial charge in [-0.2, -0.15) is 5.10 Å². The van der Waals surface area contributed by atoms with E-state index in [0.29, 0.717) is 18.7 Å². The third kappa shape index (κ3) is 3.56. The van der Waals surface area contributed by atoms with Gasteiger partial charge in [0, 0.05) is 26.1 Å². The fourth-order valence-electron chi connectivity index (χ4n) is 2.33. The van der Waals surface area contributed by atoms with Crippen molar-refractivity contribution in [3.8, 4) is 0 Å². The second-order valence-electron chi connectivity index (χ2n) is 5.01. The predicted octanol–water partition coefficient (Wildman–Crippen LogP) is 0.517. The molecule has 0 bridgehead atoms. The van der Waals surface area contributed by atoms with Gasteiger partial charge in [0.25, 0.3) is 5.91 Å². The summed E-state index contributed by atoms with van der Waals surface area (Å²) in [6.45, 7) is 2.32. The van der Waals surface area contributed by atoms with E-state index in [9.17, 15) is 9.59 Å². The van der Waals surface area contributed by atoms with E-state index < -0.39 is 0 Å². The minimum absolute atomic E-state index is 0.0354. The van der Waals surface area contributed by atoms with E-state index in [0.717, 1.165) is 25.0 Å². The van der Waals surface area contributed by atoms with Crippen molar-refractivity contribution in [2.45, 2.75) is 38.6 Å². The zero-order valence-corrected chi connectivity index (χ0v) is 11.4. The molecule has 6 nitrogen and oxygen atoms in total. The van der Waals surface area contributed by atoms with Crippen molar-refractivity contribution in [3.05, 3.63) is 17.5 Å². The summed E-state index contributed by atoms with van der Waals surface area (Å²) in [7, 11) is 1.75. The number of hydrogen-bond donors (Lipinski definition) is 2. The summed E-state index contributed by atoms with van der Waals surface area (Å²) in [5.41, 5.74) is 1.35. The second-order valence-corrected chi connectivity index (χ2v) is 5.01. The molecule has 1 fully saturated rings. The lowest BCUT2D eigenvalue weighted by Crippen LogP contribution is -2.42. The highest BCUT2D eigenvalue weighted by molar-refractivity contribution is 5.92. The van der Waals surface area contributed by atoms with E-state index in [4.69, 9.17) is 0 Å². The molecule has 0 aliphatic carbocycles. The van der Waals surface area contributed by atoms with Gasteiger partial charge in [0.1, 0.15) is 5.69 Å². The molecular formula is C13H20N4O2. The van der Waals surface area contributed by atoms with Crippen molar-refractivity contribution in [2.75, 3.05) is 6.54 Å². The zero-order chi connectivity index (χ0) is 13.8. The lowest BCUT2D eigenvalue weighted by Gasteiger charge is -2.16. The number of carbonyl (C=O) groups excluding carboxylic acids is 2. The Morgan fingerprint density at radius 3 is 3.05 bits per heavy atom. The van der Waals surface area contributed by atoms with Crippen LogP contribution in [-0.4, -0.2) is 34.2 Å². The highest BCUT2D eigenvalue weighted by Crippen LogP contribution is 2.09. The number of aryl methyl sites for hydroxylation is 2. The molecule has 2 rings (SSSR count). The van der Waals surface area contributed by atoms with Crippen molar-refractivity contribution in [2.24, 2.45) is 7.05 Å². The summed E-state index contributed by atoms with van der Waals surface area (Å²) in [5.74, 6) is -0.0743. The van der Waals surface area contributed by atoms with Crippen LogP contribution in [0.25, 0.3) is 0 Å². The maximum absolute atomic E-state index is 12.0. The Kier molecular flexibility index (Phi) is 4.19. The predicted molar refractivity (Wildman–Crippen MR) is 70.7 cm³/mol. The molecule has 0 aromatic carbocycles. The first-order valence-electron chi connectivity index (χ1n) is 6.64. The summed E-state index contributed by atoms with van der Waals surface area (Å²) in [6.07, 6.45) is 3.45. The molecule has 1 saturated heterocycles. The number of nitrogens with zero attached hydrogens (tertiary/aromatic N) is 2. The number of hydrogen-bond acceptors (Lipinski definition) is 3. The Balaban J connectivity index is 1.89. The highest BCUT2D eigenvalue weighted by Gasteiger charge is 2.18. The van der Waals surface area contributed by atoms with Crippen LogP contribution in [0, 0.1) is 6.92 Å². The lowest BCUT2D eigenvalue weighted by atomic mass is 10.1. The van der Waals surface area contributed by atoms with Crippen molar-refractivity contribution >= 4 is 11.8 Å². The normalized spacial score (nSPS) is 19.7. The summed E-state index contributed by atoms with van der Waals surface area (Å²) in [6, 6.07) is 1.79. The standard InChI is InChI=1S/C13H20N4O2/c1-9-7-11(17(2)16-9)13(19)14-8-10-5-3-4-6-12(18)15-10/h7,10H,3-6,8H2,1-2H3,(H,14,19)(H,15,18). The lowest BCUT2D eigenvalue weighted by molar-refractivity contribution is -0.121.